The largest absolute Gasteiger partial charge is 0.350 e. The van der Waals surface area contributed by atoms with Gasteiger partial charge in [-0.15, -0.1) is 11.3 Å². The molecule has 1 aromatic rings. The summed E-state index contributed by atoms with van der Waals surface area (Å²) in [5.74, 6) is -0.257. The van der Waals surface area contributed by atoms with E-state index in [0.717, 1.165) is 19.6 Å². The van der Waals surface area contributed by atoms with E-state index in [0.29, 0.717) is 18.0 Å². The highest BCUT2D eigenvalue weighted by atomic mass is 32.2. The molecule has 1 amide bonds. The maximum absolute atomic E-state index is 12.2. The molecular weight excluding hydrogens is 310 g/mol. The third-order valence-corrected chi connectivity index (χ3v) is 6.30. The van der Waals surface area contributed by atoms with E-state index in [9.17, 15) is 13.2 Å². The third-order valence-electron chi connectivity index (χ3n) is 3.56. The highest BCUT2D eigenvalue weighted by Crippen LogP contribution is 2.09. The average molecular weight is 331 g/mol. The molecule has 0 bridgehead atoms. The Bertz CT molecular complexity index is 549. The molecule has 2 rings (SSSR count). The molecule has 0 atom stereocenters. The fraction of sp³-hybridized carbons (Fsp3) is 0.615. The average Bonchev–Trinajstić information content (AvgIpc) is 3.01. The Balaban J connectivity index is 1.78. The van der Waals surface area contributed by atoms with Crippen molar-refractivity contribution in [2.24, 2.45) is 0 Å². The zero-order valence-corrected chi connectivity index (χ0v) is 13.8. The van der Waals surface area contributed by atoms with Gasteiger partial charge in [0.25, 0.3) is 5.91 Å². The second kappa shape index (κ2) is 7.35. The molecule has 1 aromatic heterocycles. The Morgan fingerprint density at radius 2 is 2.05 bits per heavy atom. The van der Waals surface area contributed by atoms with Gasteiger partial charge in [0, 0.05) is 32.7 Å². The van der Waals surface area contributed by atoms with Crippen LogP contribution in [0.1, 0.15) is 16.6 Å². The van der Waals surface area contributed by atoms with Gasteiger partial charge in [-0.05, 0) is 18.0 Å². The summed E-state index contributed by atoms with van der Waals surface area (Å²) in [5.41, 5.74) is 0. The molecule has 0 radical (unpaired) electrons. The molecule has 1 fully saturated rings. The van der Waals surface area contributed by atoms with Gasteiger partial charge in [-0.2, -0.15) is 4.31 Å². The monoisotopic (exact) mass is 331 g/mol. The molecule has 21 heavy (non-hydrogen) atoms. The summed E-state index contributed by atoms with van der Waals surface area (Å²) in [4.78, 5) is 14.6. The first-order chi connectivity index (χ1) is 10.0. The Labute approximate surface area is 129 Å². The molecular formula is C13H21N3O3S2. The van der Waals surface area contributed by atoms with Crippen LogP contribution >= 0.6 is 11.3 Å². The van der Waals surface area contributed by atoms with E-state index in [1.54, 1.807) is 12.1 Å². The van der Waals surface area contributed by atoms with Crippen LogP contribution in [0.3, 0.4) is 0 Å². The van der Waals surface area contributed by atoms with E-state index in [4.69, 9.17) is 0 Å². The van der Waals surface area contributed by atoms with Crippen LogP contribution in [-0.4, -0.2) is 68.6 Å². The molecule has 0 aliphatic carbocycles. The maximum Gasteiger partial charge on any atom is 0.261 e. The van der Waals surface area contributed by atoms with Gasteiger partial charge in [-0.3, -0.25) is 4.79 Å². The van der Waals surface area contributed by atoms with Crippen molar-refractivity contribution in [3.63, 3.8) is 0 Å². The standard InChI is InChI=1S/C13H21N3O3S2/c1-2-15-6-8-16(9-7-15)21(18,19)11-5-14-13(17)12-4-3-10-20-12/h3-4,10H,2,5-9,11H2,1H3,(H,14,17). The van der Waals surface area contributed by atoms with Crippen LogP contribution in [0.25, 0.3) is 0 Å². The minimum atomic E-state index is -3.28. The van der Waals surface area contributed by atoms with E-state index in [-0.39, 0.29) is 18.2 Å². The van der Waals surface area contributed by atoms with Gasteiger partial charge in [0.1, 0.15) is 0 Å². The first kappa shape index (κ1) is 16.4. The Morgan fingerprint density at radius 1 is 1.33 bits per heavy atom. The fourth-order valence-electron chi connectivity index (χ4n) is 2.24. The molecule has 0 aromatic carbocycles. The first-order valence-electron chi connectivity index (χ1n) is 7.05. The highest BCUT2D eigenvalue weighted by Gasteiger charge is 2.26. The zero-order valence-electron chi connectivity index (χ0n) is 12.1. The SMILES string of the molecule is CCN1CCN(S(=O)(=O)CCNC(=O)c2cccs2)CC1. The lowest BCUT2D eigenvalue weighted by Gasteiger charge is -2.33. The van der Waals surface area contributed by atoms with Crippen molar-refractivity contribution >= 4 is 27.3 Å². The molecule has 2 heterocycles. The molecule has 6 nitrogen and oxygen atoms in total. The lowest BCUT2D eigenvalue weighted by molar-refractivity contribution is 0.0960. The number of rotatable bonds is 6. The van der Waals surface area contributed by atoms with E-state index in [2.05, 4.69) is 17.1 Å². The van der Waals surface area contributed by atoms with E-state index < -0.39 is 10.0 Å². The molecule has 0 unspecified atom stereocenters. The van der Waals surface area contributed by atoms with E-state index in [1.807, 2.05) is 5.38 Å². The molecule has 0 spiro atoms. The first-order valence-corrected chi connectivity index (χ1v) is 9.53. The summed E-state index contributed by atoms with van der Waals surface area (Å²) in [6.07, 6.45) is 0. The van der Waals surface area contributed by atoms with Crippen LogP contribution in [0.4, 0.5) is 0 Å². The third kappa shape index (κ3) is 4.50. The molecule has 8 heteroatoms. The van der Waals surface area contributed by atoms with Crippen LogP contribution in [0.2, 0.25) is 0 Å². The number of carbonyl (C=O) groups excluding carboxylic acids is 1. The number of likely N-dealkylation sites (N-methyl/N-ethyl adjacent to an activating group) is 1. The number of nitrogens with one attached hydrogen (secondary N) is 1. The minimum Gasteiger partial charge on any atom is -0.350 e. The van der Waals surface area contributed by atoms with Crippen LogP contribution in [0.5, 0.6) is 0 Å². The summed E-state index contributed by atoms with van der Waals surface area (Å²) < 4.78 is 25.9. The molecule has 0 saturated carbocycles. The van der Waals surface area contributed by atoms with Gasteiger partial charge in [0.2, 0.25) is 10.0 Å². The van der Waals surface area contributed by atoms with E-state index in [1.165, 1.54) is 15.6 Å². The highest BCUT2D eigenvalue weighted by molar-refractivity contribution is 7.89. The topological polar surface area (TPSA) is 69.7 Å². The van der Waals surface area contributed by atoms with Crippen LogP contribution in [-0.2, 0) is 10.0 Å². The van der Waals surface area contributed by atoms with Crippen molar-refractivity contribution < 1.29 is 13.2 Å². The number of sulfonamides is 1. The molecule has 1 N–H and O–H groups in total. The van der Waals surface area contributed by atoms with Crippen molar-refractivity contribution in [3.8, 4) is 0 Å². The minimum absolute atomic E-state index is 0.0454. The number of piperazine rings is 1. The van der Waals surface area contributed by atoms with Crippen LogP contribution < -0.4 is 5.32 Å². The normalized spacial score (nSPS) is 17.8. The molecule has 118 valence electrons. The van der Waals surface area contributed by atoms with E-state index >= 15 is 0 Å². The Kier molecular flexibility index (Phi) is 5.74. The Hall–Kier alpha value is -0.960. The van der Waals surface area contributed by atoms with Gasteiger partial charge in [0.05, 0.1) is 10.6 Å². The summed E-state index contributed by atoms with van der Waals surface area (Å²) in [6, 6.07) is 3.52. The maximum atomic E-state index is 12.2. The van der Waals surface area contributed by atoms with Crippen LogP contribution in [0, 0.1) is 0 Å². The van der Waals surface area contributed by atoms with Gasteiger partial charge >= 0.3 is 0 Å². The van der Waals surface area contributed by atoms with Crippen molar-refractivity contribution in [2.45, 2.75) is 6.92 Å². The predicted octanol–water partition coefficient (Wildman–Crippen LogP) is 0.445. The summed E-state index contributed by atoms with van der Waals surface area (Å²) in [7, 11) is -3.28. The number of carbonyl (C=O) groups is 1. The second-order valence-corrected chi connectivity index (χ2v) is 7.92. The number of thiophene rings is 1. The molecule has 1 aliphatic heterocycles. The summed E-state index contributed by atoms with van der Waals surface area (Å²) >= 11 is 1.34. The van der Waals surface area contributed by atoms with Crippen molar-refractivity contribution in [1.29, 1.82) is 0 Å². The second-order valence-electron chi connectivity index (χ2n) is 4.88. The molecule has 1 aliphatic rings. The number of hydrogen-bond acceptors (Lipinski definition) is 5. The Morgan fingerprint density at radius 3 is 2.62 bits per heavy atom. The van der Waals surface area contributed by atoms with Crippen LogP contribution in [0.15, 0.2) is 17.5 Å². The summed E-state index contributed by atoms with van der Waals surface area (Å²) in [5, 5.41) is 4.47. The van der Waals surface area contributed by atoms with Crippen molar-refractivity contribution in [1.82, 2.24) is 14.5 Å². The lowest BCUT2D eigenvalue weighted by atomic mass is 10.4. The zero-order chi connectivity index (χ0) is 15.3. The predicted molar refractivity (Wildman–Crippen MR) is 84.1 cm³/mol. The molecule has 1 saturated heterocycles. The van der Waals surface area contributed by atoms with Gasteiger partial charge in [-0.1, -0.05) is 13.0 Å². The summed E-state index contributed by atoms with van der Waals surface area (Å²) in [6.45, 7) is 5.79. The fourth-order valence-corrected chi connectivity index (χ4v) is 4.22. The quantitative estimate of drug-likeness (QED) is 0.821. The van der Waals surface area contributed by atoms with Gasteiger partial charge < -0.3 is 10.2 Å². The van der Waals surface area contributed by atoms with Crippen molar-refractivity contribution in [3.05, 3.63) is 22.4 Å². The van der Waals surface area contributed by atoms with Crippen molar-refractivity contribution in [2.75, 3.05) is 45.0 Å². The smallest absolute Gasteiger partial charge is 0.261 e. The number of nitrogens with zero attached hydrogens (tertiary/aromatic N) is 2. The van der Waals surface area contributed by atoms with Gasteiger partial charge in [0.15, 0.2) is 0 Å². The number of amides is 1. The number of hydrogen-bond donors (Lipinski definition) is 1. The lowest BCUT2D eigenvalue weighted by Crippen LogP contribution is -2.49. The van der Waals surface area contributed by atoms with Gasteiger partial charge in [-0.25, -0.2) is 8.42 Å².